The first-order chi connectivity index (χ1) is 14.0. The zero-order chi connectivity index (χ0) is 24.2. The normalized spacial score (nSPS) is 12.9. The van der Waals surface area contributed by atoms with E-state index in [4.69, 9.17) is 4.52 Å². The van der Waals surface area contributed by atoms with Crippen LogP contribution in [0.4, 0.5) is 0 Å². The minimum atomic E-state index is -4.07. The molecule has 0 aromatic carbocycles. The number of phosphoric acid groups is 1. The molecule has 180 valence electrons. The second-order valence-corrected chi connectivity index (χ2v) is 8.04. The Labute approximate surface area is 181 Å². The molecule has 11 heteroatoms. The van der Waals surface area contributed by atoms with E-state index in [1.807, 2.05) is 27.7 Å². The van der Waals surface area contributed by atoms with Gasteiger partial charge in [-0.2, -0.15) is 0 Å². The average Bonchev–Trinajstić information content (AvgIpc) is 2.69. The zero-order valence-corrected chi connectivity index (χ0v) is 20.9. The molecule has 0 bridgehead atoms. The van der Waals surface area contributed by atoms with Crippen molar-refractivity contribution in [1.82, 2.24) is 10.6 Å². The van der Waals surface area contributed by atoms with Gasteiger partial charge in [-0.1, -0.05) is 46.7 Å². The summed E-state index contributed by atoms with van der Waals surface area (Å²) in [4.78, 5) is 37.4. The number of nitrogens with one attached hydrogen (secondary N) is 2. The highest BCUT2D eigenvalue weighted by atomic mass is 31.2. The lowest BCUT2D eigenvalue weighted by atomic mass is 9.90. The molecule has 3 N–H and O–H groups in total. The molecule has 1 atom stereocenters. The van der Waals surface area contributed by atoms with Gasteiger partial charge in [0.2, 0.25) is 11.8 Å². The molecule has 0 aliphatic heterocycles. The quantitative estimate of drug-likeness (QED) is 0.220. The van der Waals surface area contributed by atoms with Crippen molar-refractivity contribution in [3.05, 3.63) is 0 Å². The molecule has 0 saturated carbocycles. The first kappa shape index (κ1) is 33.2. The maximum absolute atomic E-state index is 11.9. The second-order valence-electron chi connectivity index (χ2n) is 6.47. The van der Waals surface area contributed by atoms with Gasteiger partial charge >= 0.3 is 7.82 Å². The summed E-state index contributed by atoms with van der Waals surface area (Å²) in [5.74, 6) is -0.459. The Hall–Kier alpha value is -1.48. The molecule has 1 unspecified atom stereocenters. The zero-order valence-electron chi connectivity index (χ0n) is 20.0. The van der Waals surface area contributed by atoms with Gasteiger partial charge in [0, 0.05) is 39.5 Å². The van der Waals surface area contributed by atoms with Crippen LogP contribution in [-0.2, 0) is 28.0 Å². The van der Waals surface area contributed by atoms with Gasteiger partial charge in [0.15, 0.2) is 0 Å². The Bertz CT molecular complexity index is 540. The summed E-state index contributed by atoms with van der Waals surface area (Å²) in [7, 11) is -1.55. The smallest absolute Gasteiger partial charge is 0.399 e. The average molecular weight is 456 g/mol. The van der Waals surface area contributed by atoms with Crippen LogP contribution in [0, 0.1) is 5.41 Å². The number of carbonyl (C=O) groups is 2. The second kappa shape index (κ2) is 19.5. The highest BCUT2D eigenvalue weighted by molar-refractivity contribution is 7.47. The Morgan fingerprint density at radius 2 is 1.50 bits per heavy atom. The summed E-state index contributed by atoms with van der Waals surface area (Å²) in [6.07, 6.45) is 0.806. The van der Waals surface area contributed by atoms with Crippen molar-refractivity contribution in [2.24, 2.45) is 10.6 Å². The van der Waals surface area contributed by atoms with E-state index in [1.54, 1.807) is 20.8 Å². The van der Waals surface area contributed by atoms with Crippen LogP contribution in [0.5, 0.6) is 0 Å². The number of hydrogen-bond acceptors (Lipinski definition) is 7. The molecular formula is C19H42N3O7P. The molecule has 0 aromatic rings. The number of amides is 2. The van der Waals surface area contributed by atoms with Gasteiger partial charge in [0.1, 0.15) is 7.11 Å². The molecule has 0 aromatic heterocycles. The van der Waals surface area contributed by atoms with E-state index in [-0.39, 0.29) is 37.8 Å². The summed E-state index contributed by atoms with van der Waals surface area (Å²) in [5.41, 5.74) is 0.105. The molecule has 0 heterocycles. The number of phosphoric ester groups is 1. The highest BCUT2D eigenvalue weighted by Gasteiger charge is 2.28. The van der Waals surface area contributed by atoms with Crippen molar-refractivity contribution in [2.75, 3.05) is 33.9 Å². The predicted molar refractivity (Wildman–Crippen MR) is 119 cm³/mol. The largest absolute Gasteiger partial charge is 0.471 e. The monoisotopic (exact) mass is 455 g/mol. The summed E-state index contributed by atoms with van der Waals surface area (Å²) in [5, 5.41) is 9.09. The first-order valence-corrected chi connectivity index (χ1v) is 11.6. The third kappa shape index (κ3) is 21.2. The van der Waals surface area contributed by atoms with Crippen LogP contribution in [0.1, 0.15) is 67.7 Å². The number of nitrogens with zero attached hydrogens (tertiary/aromatic N) is 1. The summed E-state index contributed by atoms with van der Waals surface area (Å²) in [6, 6.07) is 0. The maximum atomic E-state index is 11.9. The van der Waals surface area contributed by atoms with Crippen LogP contribution in [0.3, 0.4) is 0 Å². The summed E-state index contributed by atoms with van der Waals surface area (Å²) < 4.78 is 20.4. The van der Waals surface area contributed by atoms with Crippen molar-refractivity contribution in [3.8, 4) is 0 Å². The molecule has 0 radical (unpaired) electrons. The fourth-order valence-electron chi connectivity index (χ4n) is 1.85. The van der Waals surface area contributed by atoms with Gasteiger partial charge in [-0.25, -0.2) is 4.57 Å². The van der Waals surface area contributed by atoms with Gasteiger partial charge in [0.25, 0.3) is 0 Å². The Kier molecular flexibility index (Phi) is 21.5. The van der Waals surface area contributed by atoms with E-state index >= 15 is 0 Å². The Balaban J connectivity index is -0.00000171. The van der Waals surface area contributed by atoms with Crippen molar-refractivity contribution in [1.29, 1.82) is 0 Å². The van der Waals surface area contributed by atoms with Gasteiger partial charge in [-0.05, 0) is 12.3 Å². The fraction of sp³-hybridized carbons (Fsp3) is 0.842. The van der Waals surface area contributed by atoms with Gasteiger partial charge < -0.3 is 20.4 Å². The third-order valence-corrected chi connectivity index (χ3v) is 4.14. The summed E-state index contributed by atoms with van der Waals surface area (Å²) in [6.45, 7) is 13.8. The van der Waals surface area contributed by atoms with Crippen molar-refractivity contribution in [2.45, 2.75) is 67.7 Å². The summed E-state index contributed by atoms with van der Waals surface area (Å²) >= 11 is 0. The number of hydrogen-bond donors (Lipinski definition) is 3. The van der Waals surface area contributed by atoms with Gasteiger partial charge in [-0.3, -0.25) is 18.6 Å². The van der Waals surface area contributed by atoms with Crippen LogP contribution in [0.25, 0.3) is 0 Å². The lowest BCUT2D eigenvalue weighted by Gasteiger charge is -2.24. The molecule has 2 amide bonds. The molecule has 0 aliphatic rings. The van der Waals surface area contributed by atoms with Gasteiger partial charge in [-0.15, -0.1) is 0 Å². The van der Waals surface area contributed by atoms with Crippen LogP contribution in [-0.4, -0.2) is 56.3 Å². The lowest BCUT2D eigenvalue weighted by molar-refractivity contribution is -0.124. The Morgan fingerprint density at radius 3 is 2.00 bits per heavy atom. The van der Waals surface area contributed by atoms with E-state index in [0.717, 1.165) is 12.8 Å². The number of rotatable bonds is 13. The molecule has 0 saturated heterocycles. The molecular weight excluding hydrogens is 413 g/mol. The van der Waals surface area contributed by atoms with Crippen molar-refractivity contribution >= 4 is 25.3 Å². The molecule has 10 nitrogen and oxygen atoms in total. The fourth-order valence-corrected chi connectivity index (χ4v) is 2.46. The van der Waals surface area contributed by atoms with E-state index < -0.39 is 13.2 Å². The standard InChI is InChI=1S/C15H30N3O7P.2C2H6/c1-12(18-23-4)6-8-16-13(19)7-9-17-14(20)10-15(2,3)11-25-26(21,22)24-5;2*1-2/h6-11H2,1-5H3,(H,16,19)(H,17,20)(H,21,22);2*1-2H3/b18-12+;;. The SMILES string of the molecule is CC.CC.CO/N=C(\C)CCNC(=O)CCNC(=O)CC(C)(C)COP(=O)(O)OC. The highest BCUT2D eigenvalue weighted by Crippen LogP contribution is 2.43. The van der Waals surface area contributed by atoms with Crippen molar-refractivity contribution in [3.63, 3.8) is 0 Å². The maximum Gasteiger partial charge on any atom is 0.471 e. The molecule has 0 aliphatic carbocycles. The topological polar surface area (TPSA) is 136 Å². The molecule has 30 heavy (non-hydrogen) atoms. The lowest BCUT2D eigenvalue weighted by Crippen LogP contribution is -2.34. The van der Waals surface area contributed by atoms with E-state index in [9.17, 15) is 19.0 Å². The van der Waals surface area contributed by atoms with Crippen molar-refractivity contribution < 1.29 is 32.9 Å². The van der Waals surface area contributed by atoms with Crippen LogP contribution in [0.2, 0.25) is 0 Å². The first-order valence-electron chi connectivity index (χ1n) is 10.1. The third-order valence-electron chi connectivity index (χ3n) is 3.22. The van der Waals surface area contributed by atoms with E-state index in [1.165, 1.54) is 7.11 Å². The van der Waals surface area contributed by atoms with Crippen LogP contribution >= 0.6 is 7.82 Å². The molecule has 0 rings (SSSR count). The van der Waals surface area contributed by atoms with E-state index in [2.05, 4.69) is 25.2 Å². The van der Waals surface area contributed by atoms with Crippen LogP contribution in [0.15, 0.2) is 5.16 Å². The van der Waals surface area contributed by atoms with Crippen LogP contribution < -0.4 is 10.6 Å². The number of oxime groups is 1. The minimum absolute atomic E-state index is 0.0744. The Morgan fingerprint density at radius 1 is 1.00 bits per heavy atom. The molecule has 0 fully saturated rings. The van der Waals surface area contributed by atoms with Gasteiger partial charge in [0.05, 0.1) is 12.3 Å². The molecule has 0 spiro atoms. The van der Waals surface area contributed by atoms with E-state index in [0.29, 0.717) is 13.0 Å². The minimum Gasteiger partial charge on any atom is -0.399 e. The number of carbonyl (C=O) groups excluding carboxylic acids is 2. The predicted octanol–water partition coefficient (Wildman–Crippen LogP) is 3.25.